The minimum atomic E-state index is 0.159. The molecule has 2 N–H and O–H groups in total. The Morgan fingerprint density at radius 1 is 1.32 bits per heavy atom. The molecular formula is C16H24ClNO. The topological polar surface area (TPSA) is 35.2 Å². The molecule has 2 atom stereocenters. The Morgan fingerprint density at radius 2 is 1.95 bits per heavy atom. The van der Waals surface area contributed by atoms with Gasteiger partial charge in [-0.3, -0.25) is 0 Å². The Kier molecular flexibility index (Phi) is 4.88. The second-order valence-corrected chi connectivity index (χ2v) is 6.36. The molecule has 0 amide bonds. The minimum absolute atomic E-state index is 0.159. The molecule has 1 aromatic carbocycles. The van der Waals surface area contributed by atoms with Crippen molar-refractivity contribution in [3.8, 4) is 0 Å². The highest BCUT2D eigenvalue weighted by atomic mass is 35.5. The van der Waals surface area contributed by atoms with E-state index < -0.39 is 0 Å². The fourth-order valence-electron chi connectivity index (χ4n) is 3.22. The third kappa shape index (κ3) is 3.13. The molecular weight excluding hydrogens is 258 g/mol. The summed E-state index contributed by atoms with van der Waals surface area (Å²) in [5, 5.41) is 0.791. The summed E-state index contributed by atoms with van der Waals surface area (Å²) in [6, 6.07) is 8.43. The van der Waals surface area contributed by atoms with E-state index in [0.717, 1.165) is 18.1 Å². The van der Waals surface area contributed by atoms with Crippen LogP contribution in [0.15, 0.2) is 24.3 Å². The predicted octanol–water partition coefficient (Wildman–Crippen LogP) is 3.76. The number of methoxy groups -OCH3 is 1. The highest BCUT2D eigenvalue weighted by Gasteiger charge is 2.43. The second kappa shape index (κ2) is 6.25. The molecule has 19 heavy (non-hydrogen) atoms. The van der Waals surface area contributed by atoms with Crippen molar-refractivity contribution in [3.63, 3.8) is 0 Å². The molecule has 0 aliphatic heterocycles. The van der Waals surface area contributed by atoms with E-state index in [0.29, 0.717) is 5.92 Å². The lowest BCUT2D eigenvalue weighted by Crippen LogP contribution is -2.51. The van der Waals surface area contributed by atoms with E-state index in [2.05, 4.69) is 19.1 Å². The first-order chi connectivity index (χ1) is 9.08. The Bertz CT molecular complexity index is 400. The average Bonchev–Trinajstić information content (AvgIpc) is 2.30. The number of halogens is 1. The standard InChI is InChI=1S/C16H24ClNO/c1-12(11-19-2)10-15(18)16(8-3-9-16)13-4-6-14(17)7-5-13/h4-7,12,15H,3,8-11,18H2,1-2H3. The van der Waals surface area contributed by atoms with Gasteiger partial charge in [-0.1, -0.05) is 37.1 Å². The van der Waals surface area contributed by atoms with Crippen LogP contribution in [0.3, 0.4) is 0 Å². The summed E-state index contributed by atoms with van der Waals surface area (Å²) in [5.74, 6) is 0.504. The zero-order valence-electron chi connectivity index (χ0n) is 11.9. The van der Waals surface area contributed by atoms with Crippen LogP contribution in [0.2, 0.25) is 5.02 Å². The van der Waals surface area contributed by atoms with Gasteiger partial charge in [-0.25, -0.2) is 0 Å². The van der Waals surface area contributed by atoms with Crippen molar-refractivity contribution in [1.29, 1.82) is 0 Å². The van der Waals surface area contributed by atoms with Crippen molar-refractivity contribution in [2.24, 2.45) is 11.7 Å². The van der Waals surface area contributed by atoms with Crippen LogP contribution < -0.4 is 5.73 Å². The number of ether oxygens (including phenoxy) is 1. The molecule has 1 aromatic rings. The second-order valence-electron chi connectivity index (χ2n) is 5.92. The summed E-state index contributed by atoms with van der Waals surface area (Å²) in [7, 11) is 1.75. The molecule has 2 nitrogen and oxygen atoms in total. The Balaban J connectivity index is 2.11. The molecule has 0 aromatic heterocycles. The van der Waals surface area contributed by atoms with E-state index in [1.165, 1.54) is 24.8 Å². The van der Waals surface area contributed by atoms with E-state index in [1.54, 1.807) is 7.11 Å². The number of hydrogen-bond acceptors (Lipinski definition) is 2. The van der Waals surface area contributed by atoms with Crippen LogP contribution in [0.25, 0.3) is 0 Å². The summed E-state index contributed by atoms with van der Waals surface area (Å²) >= 11 is 5.98. The summed E-state index contributed by atoms with van der Waals surface area (Å²) in [4.78, 5) is 0. The normalized spacial score (nSPS) is 20.6. The maximum Gasteiger partial charge on any atom is 0.0488 e. The monoisotopic (exact) mass is 281 g/mol. The molecule has 2 rings (SSSR count). The molecule has 1 fully saturated rings. The lowest BCUT2D eigenvalue weighted by atomic mass is 9.59. The maximum absolute atomic E-state index is 6.53. The van der Waals surface area contributed by atoms with Gasteiger partial charge in [0, 0.05) is 30.2 Å². The van der Waals surface area contributed by atoms with Crippen LogP contribution in [0.4, 0.5) is 0 Å². The van der Waals surface area contributed by atoms with Gasteiger partial charge in [0.15, 0.2) is 0 Å². The lowest BCUT2D eigenvalue weighted by molar-refractivity contribution is 0.125. The Hall–Kier alpha value is -0.570. The van der Waals surface area contributed by atoms with E-state index in [1.807, 2.05) is 12.1 Å². The summed E-state index contributed by atoms with van der Waals surface area (Å²) in [6.07, 6.45) is 4.66. The van der Waals surface area contributed by atoms with Gasteiger partial charge < -0.3 is 10.5 Å². The van der Waals surface area contributed by atoms with Crippen LogP contribution in [-0.2, 0) is 10.2 Å². The molecule has 3 heteroatoms. The van der Waals surface area contributed by atoms with Crippen molar-refractivity contribution >= 4 is 11.6 Å². The van der Waals surface area contributed by atoms with Gasteiger partial charge in [0.2, 0.25) is 0 Å². The first-order valence-corrected chi connectivity index (χ1v) is 7.47. The molecule has 0 bridgehead atoms. The molecule has 0 saturated heterocycles. The van der Waals surface area contributed by atoms with Crippen LogP contribution in [0.1, 0.15) is 38.2 Å². The lowest BCUT2D eigenvalue weighted by Gasteiger charge is -2.47. The first kappa shape index (κ1) is 14.8. The highest BCUT2D eigenvalue weighted by molar-refractivity contribution is 6.30. The quantitative estimate of drug-likeness (QED) is 0.862. The summed E-state index contributed by atoms with van der Waals surface area (Å²) in [5.41, 5.74) is 8.03. The van der Waals surface area contributed by atoms with Gasteiger partial charge in [-0.15, -0.1) is 0 Å². The molecule has 0 heterocycles. The third-order valence-electron chi connectivity index (χ3n) is 4.48. The van der Waals surface area contributed by atoms with Crippen molar-refractivity contribution in [2.75, 3.05) is 13.7 Å². The molecule has 1 saturated carbocycles. The van der Waals surface area contributed by atoms with Crippen LogP contribution >= 0.6 is 11.6 Å². The van der Waals surface area contributed by atoms with Gasteiger partial charge in [-0.2, -0.15) is 0 Å². The third-order valence-corrected chi connectivity index (χ3v) is 4.73. The van der Waals surface area contributed by atoms with E-state index in [4.69, 9.17) is 22.1 Å². The van der Waals surface area contributed by atoms with E-state index in [-0.39, 0.29) is 11.5 Å². The molecule has 1 aliphatic rings. The van der Waals surface area contributed by atoms with Crippen molar-refractivity contribution in [3.05, 3.63) is 34.9 Å². The average molecular weight is 282 g/mol. The Labute approximate surface area is 121 Å². The van der Waals surface area contributed by atoms with Gasteiger partial charge in [0.05, 0.1) is 0 Å². The van der Waals surface area contributed by atoms with E-state index >= 15 is 0 Å². The fourth-order valence-corrected chi connectivity index (χ4v) is 3.35. The van der Waals surface area contributed by atoms with Gasteiger partial charge in [0.1, 0.15) is 0 Å². The van der Waals surface area contributed by atoms with Crippen molar-refractivity contribution in [2.45, 2.75) is 44.1 Å². The SMILES string of the molecule is COCC(C)CC(N)C1(c2ccc(Cl)cc2)CCC1. The minimum Gasteiger partial charge on any atom is -0.384 e. The summed E-state index contributed by atoms with van der Waals surface area (Å²) < 4.78 is 5.22. The van der Waals surface area contributed by atoms with Crippen molar-refractivity contribution < 1.29 is 4.74 Å². The molecule has 0 spiro atoms. The number of rotatable bonds is 6. The van der Waals surface area contributed by atoms with Gasteiger partial charge in [-0.05, 0) is 42.9 Å². The van der Waals surface area contributed by atoms with Crippen LogP contribution in [0.5, 0.6) is 0 Å². The highest BCUT2D eigenvalue weighted by Crippen LogP contribution is 2.47. The molecule has 1 aliphatic carbocycles. The fraction of sp³-hybridized carbons (Fsp3) is 0.625. The van der Waals surface area contributed by atoms with Gasteiger partial charge >= 0.3 is 0 Å². The Morgan fingerprint density at radius 3 is 2.42 bits per heavy atom. The van der Waals surface area contributed by atoms with Gasteiger partial charge in [0.25, 0.3) is 0 Å². The van der Waals surface area contributed by atoms with E-state index in [9.17, 15) is 0 Å². The van der Waals surface area contributed by atoms with Crippen molar-refractivity contribution in [1.82, 2.24) is 0 Å². The zero-order valence-corrected chi connectivity index (χ0v) is 12.6. The molecule has 0 radical (unpaired) electrons. The molecule has 2 unspecified atom stereocenters. The summed E-state index contributed by atoms with van der Waals surface area (Å²) in [6.45, 7) is 2.99. The molecule has 106 valence electrons. The number of benzene rings is 1. The van der Waals surface area contributed by atoms with Crippen LogP contribution in [-0.4, -0.2) is 19.8 Å². The first-order valence-electron chi connectivity index (χ1n) is 7.09. The smallest absolute Gasteiger partial charge is 0.0488 e. The largest absolute Gasteiger partial charge is 0.384 e. The number of nitrogens with two attached hydrogens (primary N) is 1. The predicted molar refractivity (Wildman–Crippen MR) is 80.6 cm³/mol. The maximum atomic E-state index is 6.53. The number of hydrogen-bond donors (Lipinski definition) is 1. The zero-order chi connectivity index (χ0) is 13.9. The van der Waals surface area contributed by atoms with Crippen LogP contribution in [0, 0.1) is 5.92 Å².